The summed E-state index contributed by atoms with van der Waals surface area (Å²) in [7, 11) is 0. The zero-order valence-corrected chi connectivity index (χ0v) is 15.3. The summed E-state index contributed by atoms with van der Waals surface area (Å²) in [5, 5.41) is 11.4. The molecule has 2 heterocycles. The fraction of sp³-hybridized carbons (Fsp3) is 0.632. The van der Waals surface area contributed by atoms with Crippen molar-refractivity contribution < 1.29 is 4.79 Å². The minimum Gasteiger partial charge on any atom is -0.354 e. The van der Waals surface area contributed by atoms with Crippen LogP contribution in [0.15, 0.2) is 29.6 Å². The van der Waals surface area contributed by atoms with Gasteiger partial charge in [0.15, 0.2) is 5.82 Å². The number of amides is 1. The highest BCUT2D eigenvalue weighted by Gasteiger charge is 2.54. The molecule has 4 aliphatic rings. The summed E-state index contributed by atoms with van der Waals surface area (Å²) >= 11 is 0. The number of aromatic nitrogens is 5. The normalized spacial score (nSPS) is 31.2. The van der Waals surface area contributed by atoms with Gasteiger partial charge >= 0.3 is 0 Å². The van der Waals surface area contributed by atoms with Crippen molar-refractivity contribution in [2.24, 2.45) is 23.2 Å². The van der Waals surface area contributed by atoms with Crippen LogP contribution in [0.25, 0.3) is 5.82 Å². The van der Waals surface area contributed by atoms with Gasteiger partial charge in [-0.3, -0.25) is 9.59 Å². The van der Waals surface area contributed by atoms with Gasteiger partial charge in [-0.1, -0.05) is 0 Å². The molecule has 4 aliphatic carbocycles. The smallest absolute Gasteiger partial charge is 0.266 e. The van der Waals surface area contributed by atoms with Crippen molar-refractivity contribution >= 4 is 5.91 Å². The molecule has 142 valence electrons. The van der Waals surface area contributed by atoms with Gasteiger partial charge in [0.25, 0.3) is 5.56 Å². The highest BCUT2D eigenvalue weighted by molar-refractivity contribution is 5.83. The van der Waals surface area contributed by atoms with Crippen LogP contribution in [0.1, 0.15) is 38.5 Å². The molecular formula is C19H24N6O2. The van der Waals surface area contributed by atoms with Gasteiger partial charge in [0.1, 0.15) is 12.7 Å². The fourth-order valence-electron chi connectivity index (χ4n) is 5.90. The van der Waals surface area contributed by atoms with Gasteiger partial charge in [-0.05, 0) is 62.3 Å². The Balaban J connectivity index is 1.25. The van der Waals surface area contributed by atoms with E-state index >= 15 is 0 Å². The monoisotopic (exact) mass is 368 g/mol. The number of hydrogen-bond acceptors (Lipinski definition) is 5. The second kappa shape index (κ2) is 6.28. The van der Waals surface area contributed by atoms with Gasteiger partial charge in [0.05, 0.1) is 6.54 Å². The molecule has 0 atom stereocenters. The summed E-state index contributed by atoms with van der Waals surface area (Å²) in [6.45, 7) is 0.758. The summed E-state index contributed by atoms with van der Waals surface area (Å²) < 4.78 is 2.88. The lowest BCUT2D eigenvalue weighted by Gasteiger charge is -2.55. The highest BCUT2D eigenvalue weighted by Crippen LogP contribution is 2.60. The standard InChI is InChI=1S/C19H24N6O2/c26-17-2-1-16(25-12-20-11-22-25)23-24(17)4-3-21-18(27)19-8-13-5-14(9-19)7-15(6-13)10-19/h1-2,11-15H,3-10H2,(H,21,27). The first-order valence-corrected chi connectivity index (χ1v) is 9.83. The second-order valence-electron chi connectivity index (χ2n) is 8.55. The van der Waals surface area contributed by atoms with Crippen LogP contribution in [0.5, 0.6) is 0 Å². The minimum atomic E-state index is -0.192. The van der Waals surface area contributed by atoms with E-state index in [0.29, 0.717) is 18.9 Å². The zero-order valence-electron chi connectivity index (χ0n) is 15.3. The molecule has 2 aromatic heterocycles. The summed E-state index contributed by atoms with van der Waals surface area (Å²) in [5.74, 6) is 2.93. The number of hydrogen-bond donors (Lipinski definition) is 1. The largest absolute Gasteiger partial charge is 0.354 e. The molecule has 0 radical (unpaired) electrons. The molecule has 8 nitrogen and oxygen atoms in total. The Bertz CT molecular complexity index is 868. The lowest BCUT2D eigenvalue weighted by molar-refractivity contribution is -0.146. The topological polar surface area (TPSA) is 94.7 Å². The number of rotatable bonds is 5. The average Bonchev–Trinajstić information content (AvgIpc) is 3.16. The first-order chi connectivity index (χ1) is 13.1. The summed E-state index contributed by atoms with van der Waals surface area (Å²) in [4.78, 5) is 29.0. The number of carbonyl (C=O) groups is 1. The molecule has 0 spiro atoms. The molecule has 4 saturated carbocycles. The molecule has 0 unspecified atom stereocenters. The van der Waals surface area contributed by atoms with Gasteiger partial charge in [-0.2, -0.15) is 5.10 Å². The average molecular weight is 368 g/mol. The molecule has 1 amide bonds. The third kappa shape index (κ3) is 2.96. The molecule has 0 saturated heterocycles. The van der Waals surface area contributed by atoms with Gasteiger partial charge in [0, 0.05) is 18.0 Å². The van der Waals surface area contributed by atoms with E-state index in [1.54, 1.807) is 6.07 Å². The SMILES string of the molecule is O=C(NCCn1nc(-n2cncn2)ccc1=O)C12CC3CC(CC(C3)C1)C2. The zero-order chi connectivity index (χ0) is 18.4. The maximum atomic E-state index is 13.0. The van der Waals surface area contributed by atoms with Crippen LogP contribution in [0, 0.1) is 23.2 Å². The maximum Gasteiger partial charge on any atom is 0.266 e. The lowest BCUT2D eigenvalue weighted by atomic mass is 9.49. The van der Waals surface area contributed by atoms with Crippen LogP contribution >= 0.6 is 0 Å². The number of nitrogens with zero attached hydrogens (tertiary/aromatic N) is 5. The first-order valence-electron chi connectivity index (χ1n) is 9.83. The van der Waals surface area contributed by atoms with E-state index in [1.165, 1.54) is 47.3 Å². The second-order valence-corrected chi connectivity index (χ2v) is 8.55. The van der Waals surface area contributed by atoms with Crippen LogP contribution in [0.2, 0.25) is 0 Å². The predicted octanol–water partition coefficient (Wildman–Crippen LogP) is 1.16. The van der Waals surface area contributed by atoms with E-state index in [1.807, 2.05) is 0 Å². The van der Waals surface area contributed by atoms with Crippen LogP contribution in [0.4, 0.5) is 0 Å². The molecule has 8 heteroatoms. The Morgan fingerprint density at radius 2 is 1.85 bits per heavy atom. The van der Waals surface area contributed by atoms with Gasteiger partial charge in [0.2, 0.25) is 5.91 Å². The van der Waals surface area contributed by atoms with Crippen molar-refractivity contribution in [3.63, 3.8) is 0 Å². The Morgan fingerprint density at radius 1 is 1.15 bits per heavy atom. The summed E-state index contributed by atoms with van der Waals surface area (Å²) in [6.07, 6.45) is 10.1. The Kier molecular flexibility index (Phi) is 3.87. The molecular weight excluding hydrogens is 344 g/mol. The Morgan fingerprint density at radius 3 is 2.48 bits per heavy atom. The number of carbonyl (C=O) groups excluding carboxylic acids is 1. The van der Waals surface area contributed by atoms with Crippen LogP contribution in [-0.2, 0) is 11.3 Å². The molecule has 27 heavy (non-hydrogen) atoms. The van der Waals surface area contributed by atoms with Crippen molar-refractivity contribution in [3.8, 4) is 5.82 Å². The van der Waals surface area contributed by atoms with E-state index in [9.17, 15) is 9.59 Å². The Labute approximate surface area is 157 Å². The number of nitrogens with one attached hydrogen (secondary N) is 1. The van der Waals surface area contributed by atoms with Crippen molar-refractivity contribution in [2.75, 3.05) is 6.54 Å². The van der Waals surface area contributed by atoms with Gasteiger partial charge in [-0.15, -0.1) is 5.10 Å². The van der Waals surface area contributed by atoms with Crippen LogP contribution in [0.3, 0.4) is 0 Å². The lowest BCUT2D eigenvalue weighted by Crippen LogP contribution is -2.54. The third-order valence-electron chi connectivity index (χ3n) is 6.64. The Hall–Kier alpha value is -2.51. The van der Waals surface area contributed by atoms with Crippen molar-refractivity contribution in [3.05, 3.63) is 35.1 Å². The minimum absolute atomic E-state index is 0.157. The molecule has 4 bridgehead atoms. The summed E-state index contributed by atoms with van der Waals surface area (Å²) in [6, 6.07) is 3.08. The van der Waals surface area contributed by atoms with E-state index < -0.39 is 0 Å². The molecule has 1 N–H and O–H groups in total. The van der Waals surface area contributed by atoms with E-state index in [4.69, 9.17) is 0 Å². The molecule has 0 aliphatic heterocycles. The quantitative estimate of drug-likeness (QED) is 0.854. The van der Waals surface area contributed by atoms with Gasteiger partial charge in [-0.25, -0.2) is 14.3 Å². The predicted molar refractivity (Wildman–Crippen MR) is 97.0 cm³/mol. The molecule has 0 aromatic carbocycles. The van der Waals surface area contributed by atoms with E-state index in [0.717, 1.165) is 37.0 Å². The first kappa shape index (κ1) is 16.6. The summed E-state index contributed by atoms with van der Waals surface area (Å²) in [5.41, 5.74) is -0.349. The van der Waals surface area contributed by atoms with E-state index in [2.05, 4.69) is 20.5 Å². The fourth-order valence-corrected chi connectivity index (χ4v) is 5.90. The van der Waals surface area contributed by atoms with Crippen molar-refractivity contribution in [2.45, 2.75) is 45.1 Å². The molecule has 2 aromatic rings. The van der Waals surface area contributed by atoms with Crippen molar-refractivity contribution in [1.82, 2.24) is 29.9 Å². The third-order valence-corrected chi connectivity index (χ3v) is 6.64. The molecule has 4 fully saturated rings. The maximum absolute atomic E-state index is 13.0. The molecule has 6 rings (SSSR count). The highest BCUT2D eigenvalue weighted by atomic mass is 16.2. The van der Waals surface area contributed by atoms with Crippen molar-refractivity contribution in [1.29, 1.82) is 0 Å². The van der Waals surface area contributed by atoms with Crippen LogP contribution in [-0.4, -0.2) is 37.0 Å². The van der Waals surface area contributed by atoms with Crippen LogP contribution < -0.4 is 10.9 Å². The van der Waals surface area contributed by atoms with E-state index in [-0.39, 0.29) is 16.9 Å². The van der Waals surface area contributed by atoms with Gasteiger partial charge < -0.3 is 5.32 Å².